The van der Waals surface area contributed by atoms with Crippen molar-refractivity contribution in [2.24, 2.45) is 0 Å². The van der Waals surface area contributed by atoms with Crippen LogP contribution in [0.2, 0.25) is 0 Å². The first-order valence-electron chi connectivity index (χ1n) is 11.2. The van der Waals surface area contributed by atoms with Crippen molar-refractivity contribution in [3.05, 3.63) is 88.4 Å². The number of hydrogen-bond donors (Lipinski definition) is 1. The van der Waals surface area contributed by atoms with Gasteiger partial charge in [0.25, 0.3) is 11.7 Å². The number of aliphatic hydroxyl groups is 1. The lowest BCUT2D eigenvalue weighted by molar-refractivity contribution is -0.132. The molecule has 2 aromatic carbocycles. The average molecular weight is 460 g/mol. The molecule has 1 aliphatic rings. The largest absolute Gasteiger partial charge is 0.507 e. The molecule has 0 bridgehead atoms. The van der Waals surface area contributed by atoms with Crippen molar-refractivity contribution in [1.82, 2.24) is 0 Å². The number of nitrogens with zero attached hydrogens (tertiary/aromatic N) is 1. The van der Waals surface area contributed by atoms with E-state index < -0.39 is 17.7 Å². The Morgan fingerprint density at radius 1 is 1.03 bits per heavy atom. The number of carbonyl (C=O) groups excluding carboxylic acids is 2. The summed E-state index contributed by atoms with van der Waals surface area (Å²) >= 11 is 0. The van der Waals surface area contributed by atoms with Crippen molar-refractivity contribution >= 4 is 23.1 Å². The van der Waals surface area contributed by atoms with Gasteiger partial charge in [0.15, 0.2) is 0 Å². The van der Waals surface area contributed by atoms with Gasteiger partial charge in [-0.25, -0.2) is 0 Å². The fourth-order valence-corrected chi connectivity index (χ4v) is 4.34. The highest BCUT2D eigenvalue weighted by Crippen LogP contribution is 2.43. The third kappa shape index (κ3) is 4.00. The Kier molecular flexibility index (Phi) is 5.86. The summed E-state index contributed by atoms with van der Waals surface area (Å²) in [6.45, 7) is 9.82. The van der Waals surface area contributed by atoms with Gasteiger partial charge in [0.05, 0.1) is 12.7 Å². The van der Waals surface area contributed by atoms with Gasteiger partial charge in [0.1, 0.15) is 29.1 Å². The summed E-state index contributed by atoms with van der Waals surface area (Å²) in [5.74, 6) is 0.0127. The molecule has 1 saturated heterocycles. The zero-order valence-electron chi connectivity index (χ0n) is 20.3. The molecule has 1 N–H and O–H groups in total. The van der Waals surface area contributed by atoms with Gasteiger partial charge in [-0.2, -0.15) is 0 Å². The van der Waals surface area contributed by atoms with Gasteiger partial charge in [-0.15, -0.1) is 0 Å². The maximum absolute atomic E-state index is 13.3. The van der Waals surface area contributed by atoms with Crippen LogP contribution in [0.1, 0.15) is 55.0 Å². The average Bonchev–Trinajstić information content (AvgIpc) is 3.33. The number of aryl methyl sites for hydroxylation is 2. The van der Waals surface area contributed by atoms with Crippen LogP contribution in [0.3, 0.4) is 0 Å². The summed E-state index contributed by atoms with van der Waals surface area (Å²) in [6.07, 6.45) is 0. The van der Waals surface area contributed by atoms with Crippen LogP contribution >= 0.6 is 0 Å². The van der Waals surface area contributed by atoms with Gasteiger partial charge >= 0.3 is 0 Å². The highest BCUT2D eigenvalue weighted by atomic mass is 16.5. The van der Waals surface area contributed by atoms with Crippen LogP contribution in [-0.2, 0) is 15.0 Å². The third-order valence-corrected chi connectivity index (χ3v) is 6.04. The molecule has 1 unspecified atom stereocenters. The lowest BCUT2D eigenvalue weighted by Gasteiger charge is -2.24. The first kappa shape index (κ1) is 23.4. The zero-order valence-corrected chi connectivity index (χ0v) is 20.3. The number of ketones is 1. The van der Waals surface area contributed by atoms with E-state index in [0.717, 1.165) is 11.1 Å². The third-order valence-electron chi connectivity index (χ3n) is 6.04. The zero-order chi connectivity index (χ0) is 24.8. The van der Waals surface area contributed by atoms with E-state index >= 15 is 0 Å². The SMILES string of the molecule is COc1ccc(/C(O)=C2/C(=O)C(=O)N(c3cccc(C)c3)C2c2ccc(C)o2)cc1C(C)(C)C. The number of ether oxygens (including phenoxy) is 1. The van der Waals surface area contributed by atoms with Crippen LogP contribution in [0, 0.1) is 13.8 Å². The van der Waals surface area contributed by atoms with Crippen LogP contribution in [0.5, 0.6) is 5.75 Å². The second-order valence-corrected chi connectivity index (χ2v) is 9.62. The first-order chi connectivity index (χ1) is 16.0. The molecule has 0 saturated carbocycles. The fraction of sp³-hybridized carbons (Fsp3) is 0.286. The molecule has 0 aliphatic carbocycles. The van der Waals surface area contributed by atoms with E-state index in [1.54, 1.807) is 50.4 Å². The predicted molar refractivity (Wildman–Crippen MR) is 131 cm³/mol. The van der Waals surface area contributed by atoms with Gasteiger partial charge in [-0.05, 0) is 67.3 Å². The number of rotatable bonds is 4. The van der Waals surface area contributed by atoms with Gasteiger partial charge in [0, 0.05) is 16.8 Å². The minimum Gasteiger partial charge on any atom is -0.507 e. The lowest BCUT2D eigenvalue weighted by atomic mass is 9.84. The summed E-state index contributed by atoms with van der Waals surface area (Å²) in [5.41, 5.74) is 2.53. The predicted octanol–water partition coefficient (Wildman–Crippen LogP) is 5.83. The van der Waals surface area contributed by atoms with Crippen molar-refractivity contribution < 1.29 is 23.8 Å². The molecule has 0 spiro atoms. The standard InChI is InChI=1S/C28H29NO5/c1-16-8-7-9-19(14-16)29-24(22-12-10-17(2)34-22)23(26(31)27(29)32)25(30)18-11-13-21(33-6)20(15-18)28(3,4)5/h7-15,24,30H,1-6H3/b25-23-. The first-order valence-corrected chi connectivity index (χ1v) is 11.2. The van der Waals surface area contributed by atoms with E-state index in [4.69, 9.17) is 9.15 Å². The van der Waals surface area contributed by atoms with Crippen LogP contribution in [0.25, 0.3) is 5.76 Å². The molecule has 1 fully saturated rings. The van der Waals surface area contributed by atoms with E-state index in [-0.39, 0.29) is 16.7 Å². The Morgan fingerprint density at radius 2 is 1.76 bits per heavy atom. The van der Waals surface area contributed by atoms with E-state index in [1.807, 2.05) is 45.9 Å². The number of benzene rings is 2. The summed E-state index contributed by atoms with van der Waals surface area (Å²) in [4.78, 5) is 28.0. The van der Waals surface area contributed by atoms with Gasteiger partial charge in [0.2, 0.25) is 0 Å². The van der Waals surface area contributed by atoms with Crippen molar-refractivity contribution in [1.29, 1.82) is 0 Å². The monoisotopic (exact) mass is 459 g/mol. The fourth-order valence-electron chi connectivity index (χ4n) is 4.34. The molecule has 0 radical (unpaired) electrons. The Hall–Kier alpha value is -3.80. The lowest BCUT2D eigenvalue weighted by Crippen LogP contribution is -2.29. The highest BCUT2D eigenvalue weighted by Gasteiger charge is 2.48. The number of carbonyl (C=O) groups is 2. The van der Waals surface area contributed by atoms with Crippen LogP contribution in [0.15, 0.2) is 64.6 Å². The molecular formula is C28H29NO5. The maximum atomic E-state index is 13.3. The van der Waals surface area contributed by atoms with Crippen LogP contribution in [0.4, 0.5) is 5.69 Å². The number of anilines is 1. The number of hydrogen-bond acceptors (Lipinski definition) is 5. The minimum atomic E-state index is -0.893. The summed E-state index contributed by atoms with van der Waals surface area (Å²) in [6, 6.07) is 15.2. The topological polar surface area (TPSA) is 80.0 Å². The molecule has 1 amide bonds. The number of methoxy groups -OCH3 is 1. The molecule has 4 rings (SSSR count). The summed E-state index contributed by atoms with van der Waals surface area (Å²) < 4.78 is 11.4. The van der Waals surface area contributed by atoms with E-state index in [1.165, 1.54) is 4.90 Å². The highest BCUT2D eigenvalue weighted by molar-refractivity contribution is 6.51. The smallest absolute Gasteiger partial charge is 0.300 e. The molecule has 2 heterocycles. The molecule has 34 heavy (non-hydrogen) atoms. The van der Waals surface area contributed by atoms with Crippen molar-refractivity contribution in [3.63, 3.8) is 0 Å². The minimum absolute atomic E-state index is 0.00844. The van der Waals surface area contributed by atoms with Gasteiger partial charge in [-0.1, -0.05) is 32.9 Å². The van der Waals surface area contributed by atoms with E-state index in [2.05, 4.69) is 0 Å². The van der Waals surface area contributed by atoms with E-state index in [9.17, 15) is 14.7 Å². The molecule has 3 aromatic rings. The quantitative estimate of drug-likeness (QED) is 0.302. The Morgan fingerprint density at radius 3 is 2.35 bits per heavy atom. The van der Waals surface area contributed by atoms with E-state index in [0.29, 0.717) is 28.5 Å². The number of aliphatic hydroxyl groups excluding tert-OH is 1. The maximum Gasteiger partial charge on any atom is 0.300 e. The van der Waals surface area contributed by atoms with Gasteiger partial charge < -0.3 is 14.3 Å². The van der Waals surface area contributed by atoms with Crippen molar-refractivity contribution in [2.45, 2.75) is 46.1 Å². The molecule has 1 atom stereocenters. The van der Waals surface area contributed by atoms with Crippen molar-refractivity contribution in [2.75, 3.05) is 12.0 Å². The van der Waals surface area contributed by atoms with Crippen LogP contribution < -0.4 is 9.64 Å². The van der Waals surface area contributed by atoms with Gasteiger partial charge in [-0.3, -0.25) is 14.5 Å². The summed E-state index contributed by atoms with van der Waals surface area (Å²) in [7, 11) is 1.59. The molecule has 6 heteroatoms. The number of Topliss-reactive ketones (excluding diaryl/α,β-unsaturated/α-hetero) is 1. The van der Waals surface area contributed by atoms with Crippen molar-refractivity contribution in [3.8, 4) is 5.75 Å². The summed E-state index contributed by atoms with van der Waals surface area (Å²) in [5, 5.41) is 11.4. The molecule has 1 aromatic heterocycles. The molecule has 1 aliphatic heterocycles. The molecule has 176 valence electrons. The number of amides is 1. The molecule has 6 nitrogen and oxygen atoms in total. The normalized spacial score (nSPS) is 17.9. The number of furan rings is 1. The molecular weight excluding hydrogens is 430 g/mol. The van der Waals surface area contributed by atoms with Crippen LogP contribution in [-0.4, -0.2) is 23.9 Å². The Labute approximate surface area is 199 Å². The Balaban J connectivity index is 1.95. The second-order valence-electron chi connectivity index (χ2n) is 9.62. The Bertz CT molecular complexity index is 1310. The second kappa shape index (κ2) is 8.52.